The van der Waals surface area contributed by atoms with Gasteiger partial charge in [-0.1, -0.05) is 5.56 Å². The van der Waals surface area contributed by atoms with Crippen LogP contribution < -0.4 is 4.74 Å². The maximum atomic E-state index is 13.6. The Morgan fingerprint density at radius 2 is 1.17 bits per heavy atom. The molecule has 0 fully saturated rings. The molecule has 0 amide bonds. The Balaban J connectivity index is 0.000000377. The van der Waals surface area contributed by atoms with E-state index < -0.39 is 34.6 Å². The van der Waals surface area contributed by atoms with Gasteiger partial charge in [0.1, 0.15) is 11.6 Å². The summed E-state index contributed by atoms with van der Waals surface area (Å²) in [5, 5.41) is 0. The van der Waals surface area contributed by atoms with E-state index in [0.29, 0.717) is 0 Å². The molecule has 0 atom stereocenters. The number of hydrogen-bond donors (Lipinski definition) is 0. The Bertz CT molecular complexity index is 675. The maximum absolute atomic E-state index is 13.6. The van der Waals surface area contributed by atoms with Crippen molar-refractivity contribution in [1.29, 1.82) is 0 Å². The first-order valence-corrected chi connectivity index (χ1v) is 6.36. The van der Waals surface area contributed by atoms with Crippen LogP contribution in [0.5, 0.6) is 5.75 Å². The second kappa shape index (κ2) is 8.56. The largest absolute Gasteiger partial charge is 0.748 e. The van der Waals surface area contributed by atoms with E-state index in [1.807, 2.05) is 30.3 Å². The summed E-state index contributed by atoms with van der Waals surface area (Å²) in [6.45, 7) is 0. The molecule has 0 aliphatic rings. The van der Waals surface area contributed by atoms with Crippen LogP contribution in [0.2, 0.25) is 0 Å². The van der Waals surface area contributed by atoms with Gasteiger partial charge in [-0.3, -0.25) is 0 Å². The molecule has 0 saturated heterocycles. The van der Waals surface area contributed by atoms with Gasteiger partial charge < -0.3 is 35.1 Å². The first-order valence-electron chi connectivity index (χ1n) is 6.36. The van der Waals surface area contributed by atoms with Gasteiger partial charge in [-0.05, 0) is 5.56 Å². The van der Waals surface area contributed by atoms with Crippen molar-refractivity contribution in [1.82, 2.24) is 0 Å². The molecular weight excluding hydrogens is 352 g/mol. The van der Waals surface area contributed by atoms with Crippen molar-refractivity contribution >= 4 is 0 Å². The van der Waals surface area contributed by atoms with Gasteiger partial charge >= 0.3 is 0 Å². The number of rotatable bonds is 2. The van der Waals surface area contributed by atoms with E-state index in [2.05, 4.69) is 4.74 Å². The van der Waals surface area contributed by atoms with Crippen LogP contribution in [0.15, 0.2) is 54.6 Å². The third-order valence-electron chi connectivity index (χ3n) is 2.93. The van der Waals surface area contributed by atoms with Gasteiger partial charge in [0.05, 0.1) is 7.11 Å². The molecule has 1 nitrogen and oxygen atoms in total. The maximum Gasteiger partial charge on any atom is 0.180 e. The molecule has 0 radical (unpaired) electrons. The first kappa shape index (κ1) is 19.0. The molecule has 0 saturated carbocycles. The van der Waals surface area contributed by atoms with Crippen LogP contribution in [0.25, 0.3) is 11.1 Å². The summed E-state index contributed by atoms with van der Waals surface area (Å²) in [7, 11) is 0.933. The average molecular weight is 364 g/mol. The van der Waals surface area contributed by atoms with Gasteiger partial charge in [-0.15, -0.1) is 12.1 Å². The Kier molecular flexibility index (Phi) is 7.07. The molecule has 0 N–H and O–H groups in total. The Hall–Kier alpha value is -2.04. The van der Waals surface area contributed by atoms with Crippen molar-refractivity contribution in [3.63, 3.8) is 0 Å². The van der Waals surface area contributed by atoms with Crippen molar-refractivity contribution < 1.29 is 39.4 Å². The third kappa shape index (κ3) is 4.03. The SMILES string of the molecule is COc1c(F)c(F)c(-[c-]2cccc2)c(F)c1F.[Fe].[cH-]1[cH-][cH-][cH-][cH-]1. The van der Waals surface area contributed by atoms with E-state index in [4.69, 9.17) is 0 Å². The fourth-order valence-corrected chi connectivity index (χ4v) is 1.91. The Morgan fingerprint density at radius 3 is 1.52 bits per heavy atom. The molecule has 0 aliphatic carbocycles. The van der Waals surface area contributed by atoms with E-state index in [9.17, 15) is 17.6 Å². The van der Waals surface area contributed by atoms with Crippen LogP contribution >= 0.6 is 0 Å². The zero-order valence-electron chi connectivity index (χ0n) is 12.0. The van der Waals surface area contributed by atoms with E-state index in [-0.39, 0.29) is 22.6 Å². The molecule has 6 heteroatoms. The Morgan fingerprint density at radius 1 is 0.783 bits per heavy atom. The van der Waals surface area contributed by atoms with Gasteiger partial charge in [-0.2, -0.15) is 12.1 Å². The quantitative estimate of drug-likeness (QED) is 0.268. The number of ether oxygens (including phenoxy) is 1. The molecule has 23 heavy (non-hydrogen) atoms. The number of methoxy groups -OCH3 is 1. The zero-order chi connectivity index (χ0) is 16.1. The second-order valence-corrected chi connectivity index (χ2v) is 4.30. The third-order valence-corrected chi connectivity index (χ3v) is 2.93. The Labute approximate surface area is 141 Å². The number of hydrogen-bond acceptors (Lipinski definition) is 1. The molecule has 0 heterocycles. The van der Waals surface area contributed by atoms with Crippen LogP contribution in [0.3, 0.4) is 0 Å². The molecule has 0 aliphatic heterocycles. The van der Waals surface area contributed by atoms with Crippen molar-refractivity contribution in [2.45, 2.75) is 0 Å². The monoisotopic (exact) mass is 364 g/mol. The molecule has 3 aromatic rings. The smallest absolute Gasteiger partial charge is 0.180 e. The molecular formula is C17H12F4FeO-6. The normalized spacial score (nSPS) is 9.61. The van der Waals surface area contributed by atoms with Crippen LogP contribution in [-0.2, 0) is 17.1 Å². The predicted octanol–water partition coefficient (Wildman–Crippen LogP) is 5.04. The number of benzene rings is 1. The molecule has 3 rings (SSSR count). The number of halogens is 4. The standard InChI is InChI=1S/C12H7F4O.C5H5.Fe/c1-17-12-10(15)8(13)7(9(14)11(12)16)6-4-2-3-5-6;1-2-4-5-3-1;/h2-5H,1H3;1-5H;/q-1;-5;. The van der Waals surface area contributed by atoms with Gasteiger partial charge in [0.2, 0.25) is 0 Å². The van der Waals surface area contributed by atoms with E-state index >= 15 is 0 Å². The van der Waals surface area contributed by atoms with E-state index in [0.717, 1.165) is 7.11 Å². The first-order chi connectivity index (χ1) is 10.6. The van der Waals surface area contributed by atoms with Gasteiger partial charge in [-0.25, -0.2) is 17.6 Å². The van der Waals surface area contributed by atoms with Gasteiger partial charge in [0.25, 0.3) is 0 Å². The average Bonchev–Trinajstić information content (AvgIpc) is 3.22. The fourth-order valence-electron chi connectivity index (χ4n) is 1.91. The minimum Gasteiger partial charge on any atom is -0.748 e. The van der Waals surface area contributed by atoms with Crippen LogP contribution in [-0.4, -0.2) is 7.11 Å². The zero-order valence-corrected chi connectivity index (χ0v) is 13.1. The molecule has 0 spiro atoms. The minimum atomic E-state index is -1.54. The van der Waals surface area contributed by atoms with Gasteiger partial charge in [0, 0.05) is 17.1 Å². The molecule has 128 valence electrons. The summed E-state index contributed by atoms with van der Waals surface area (Å²) in [5.41, 5.74) is -0.661. The van der Waals surface area contributed by atoms with Crippen molar-refractivity contribution in [2.24, 2.45) is 0 Å². The van der Waals surface area contributed by atoms with E-state index in [1.54, 1.807) is 0 Å². The fraction of sp³-hybridized carbons (Fsp3) is 0.0588. The molecule has 0 unspecified atom stereocenters. The summed E-state index contributed by atoms with van der Waals surface area (Å²) < 4.78 is 58.2. The van der Waals surface area contributed by atoms with Crippen LogP contribution in [0.4, 0.5) is 17.6 Å². The van der Waals surface area contributed by atoms with Crippen molar-refractivity contribution in [2.75, 3.05) is 7.11 Å². The van der Waals surface area contributed by atoms with E-state index in [1.165, 1.54) is 24.3 Å². The van der Waals surface area contributed by atoms with Crippen molar-refractivity contribution in [3.8, 4) is 16.9 Å². The summed E-state index contributed by atoms with van der Waals surface area (Å²) in [6, 6.07) is 15.7. The molecule has 0 bridgehead atoms. The topological polar surface area (TPSA) is 9.23 Å². The summed E-state index contributed by atoms with van der Waals surface area (Å²) >= 11 is 0. The van der Waals surface area contributed by atoms with Crippen molar-refractivity contribution in [3.05, 3.63) is 77.9 Å². The predicted molar refractivity (Wildman–Crippen MR) is 75.9 cm³/mol. The molecule has 0 aromatic heterocycles. The van der Waals surface area contributed by atoms with Gasteiger partial charge in [0.15, 0.2) is 17.4 Å². The summed E-state index contributed by atoms with van der Waals surface area (Å²) in [5.74, 6) is -7.07. The molecule has 3 aromatic carbocycles. The second-order valence-electron chi connectivity index (χ2n) is 4.30. The summed E-state index contributed by atoms with van der Waals surface area (Å²) in [4.78, 5) is 0. The minimum absolute atomic E-state index is 0. The van der Waals surface area contributed by atoms with Crippen LogP contribution in [0.1, 0.15) is 0 Å². The summed E-state index contributed by atoms with van der Waals surface area (Å²) in [6.07, 6.45) is 0. The van der Waals surface area contributed by atoms with Crippen LogP contribution in [0, 0.1) is 23.3 Å².